The Morgan fingerprint density at radius 3 is 2.38 bits per heavy atom. The van der Waals surface area contributed by atoms with Crippen LogP contribution in [0.3, 0.4) is 0 Å². The van der Waals surface area contributed by atoms with Crippen LogP contribution in [-0.4, -0.2) is 17.0 Å². The molecule has 0 aromatic heterocycles. The van der Waals surface area contributed by atoms with Crippen molar-refractivity contribution >= 4 is 11.8 Å². The van der Waals surface area contributed by atoms with Crippen molar-refractivity contribution in [3.05, 3.63) is 0 Å². The normalized spacial score (nSPS) is 44.8. The summed E-state index contributed by atoms with van der Waals surface area (Å²) in [5.41, 5.74) is 6.07. The average Bonchev–Trinajstić information content (AvgIpc) is 2.07. The van der Waals surface area contributed by atoms with E-state index in [-0.39, 0.29) is 0 Å². The van der Waals surface area contributed by atoms with Crippen molar-refractivity contribution in [3.8, 4) is 0 Å². The summed E-state index contributed by atoms with van der Waals surface area (Å²) in [5, 5.41) is 0.957. The first-order chi connectivity index (χ1) is 6.31. The Morgan fingerprint density at radius 2 is 1.85 bits per heavy atom. The molecule has 0 heterocycles. The zero-order chi connectivity index (χ0) is 9.26. The van der Waals surface area contributed by atoms with Crippen molar-refractivity contribution < 1.29 is 0 Å². The van der Waals surface area contributed by atoms with E-state index >= 15 is 0 Å². The van der Waals surface area contributed by atoms with Crippen LogP contribution in [0.5, 0.6) is 0 Å². The molecule has 2 heteroatoms. The Labute approximate surface area is 85.8 Å². The van der Waals surface area contributed by atoms with Gasteiger partial charge in [0.1, 0.15) is 0 Å². The number of fused-ring (bicyclic) bond motifs is 2. The zero-order valence-corrected chi connectivity index (χ0v) is 9.35. The maximum atomic E-state index is 6.07. The zero-order valence-electron chi connectivity index (χ0n) is 8.54. The van der Waals surface area contributed by atoms with Crippen molar-refractivity contribution in [2.45, 2.75) is 50.3 Å². The molecule has 2 fully saturated rings. The molecule has 76 valence electrons. The van der Waals surface area contributed by atoms with Crippen LogP contribution in [0.15, 0.2) is 0 Å². The first-order valence-electron chi connectivity index (χ1n) is 5.68. The van der Waals surface area contributed by atoms with Crippen molar-refractivity contribution in [3.63, 3.8) is 0 Å². The summed E-state index contributed by atoms with van der Waals surface area (Å²) in [4.78, 5) is 0. The number of nitrogens with two attached hydrogens (primary N) is 1. The molecule has 2 bridgehead atoms. The van der Waals surface area contributed by atoms with Crippen LogP contribution in [0.4, 0.5) is 0 Å². The molecule has 0 spiro atoms. The van der Waals surface area contributed by atoms with Crippen LogP contribution in [0.1, 0.15) is 39.0 Å². The fourth-order valence-electron chi connectivity index (χ4n) is 3.20. The van der Waals surface area contributed by atoms with Crippen LogP contribution in [0, 0.1) is 11.8 Å². The first-order valence-corrected chi connectivity index (χ1v) is 6.73. The number of hydrogen-bond acceptors (Lipinski definition) is 2. The second kappa shape index (κ2) is 4.22. The smallest absolute Gasteiger partial charge is 0.0105 e. The van der Waals surface area contributed by atoms with Crippen LogP contribution in [-0.2, 0) is 0 Å². The average molecular weight is 199 g/mol. The third-order valence-corrected chi connectivity index (χ3v) is 5.14. The molecular formula is C11H21NS. The maximum Gasteiger partial charge on any atom is 0.0105 e. The van der Waals surface area contributed by atoms with E-state index in [0.717, 1.165) is 17.1 Å². The van der Waals surface area contributed by atoms with Crippen molar-refractivity contribution in [1.29, 1.82) is 0 Å². The maximum absolute atomic E-state index is 6.07. The molecule has 2 aliphatic rings. The van der Waals surface area contributed by atoms with Gasteiger partial charge in [-0.25, -0.2) is 0 Å². The molecule has 2 unspecified atom stereocenters. The van der Waals surface area contributed by atoms with E-state index < -0.39 is 0 Å². The molecular weight excluding hydrogens is 178 g/mol. The number of hydrogen-bond donors (Lipinski definition) is 1. The Morgan fingerprint density at radius 1 is 1.23 bits per heavy atom. The molecule has 2 N–H and O–H groups in total. The van der Waals surface area contributed by atoms with E-state index in [9.17, 15) is 0 Å². The van der Waals surface area contributed by atoms with Crippen LogP contribution >= 0.6 is 11.8 Å². The lowest BCUT2D eigenvalue weighted by Gasteiger charge is -2.44. The summed E-state index contributed by atoms with van der Waals surface area (Å²) in [6, 6.07) is 0.518. The monoisotopic (exact) mass is 199 g/mol. The van der Waals surface area contributed by atoms with Gasteiger partial charge < -0.3 is 5.73 Å². The van der Waals surface area contributed by atoms with E-state index in [0.29, 0.717) is 6.04 Å². The summed E-state index contributed by atoms with van der Waals surface area (Å²) in [6.45, 7) is 2.29. The lowest BCUT2D eigenvalue weighted by atomic mass is 9.70. The summed E-state index contributed by atoms with van der Waals surface area (Å²) in [6.07, 6.45) is 6.95. The Kier molecular flexibility index (Phi) is 3.20. The van der Waals surface area contributed by atoms with Gasteiger partial charge >= 0.3 is 0 Å². The van der Waals surface area contributed by atoms with Gasteiger partial charge in [-0.05, 0) is 43.3 Å². The molecule has 0 aromatic carbocycles. The van der Waals surface area contributed by atoms with Gasteiger partial charge in [0.25, 0.3) is 0 Å². The van der Waals surface area contributed by atoms with Crippen molar-refractivity contribution in [2.24, 2.45) is 17.6 Å². The fraction of sp³-hybridized carbons (Fsp3) is 1.00. The molecule has 2 saturated carbocycles. The van der Waals surface area contributed by atoms with E-state index in [1.165, 1.54) is 37.9 Å². The third-order valence-electron chi connectivity index (χ3n) is 3.65. The summed E-state index contributed by atoms with van der Waals surface area (Å²) < 4.78 is 0. The number of rotatable bonds is 2. The summed E-state index contributed by atoms with van der Waals surface area (Å²) in [5.74, 6) is 3.19. The first kappa shape index (κ1) is 9.85. The molecule has 2 rings (SSSR count). The SMILES string of the molecule is CCSC1C2CCCC1CC(N)C2. The highest BCUT2D eigenvalue weighted by Gasteiger charge is 2.38. The minimum absolute atomic E-state index is 0.518. The predicted molar refractivity (Wildman–Crippen MR) is 60.0 cm³/mol. The molecule has 0 radical (unpaired) electrons. The summed E-state index contributed by atoms with van der Waals surface area (Å²) >= 11 is 2.19. The molecule has 0 saturated heterocycles. The van der Waals surface area contributed by atoms with Gasteiger partial charge in [-0.3, -0.25) is 0 Å². The third kappa shape index (κ3) is 2.04. The molecule has 1 nitrogen and oxygen atoms in total. The second-order valence-corrected chi connectivity index (χ2v) is 6.06. The highest BCUT2D eigenvalue weighted by Crippen LogP contribution is 2.45. The Balaban J connectivity index is 2.01. The van der Waals surface area contributed by atoms with Gasteiger partial charge in [-0.2, -0.15) is 11.8 Å². The van der Waals surface area contributed by atoms with Crippen LogP contribution < -0.4 is 5.73 Å². The number of thioether (sulfide) groups is 1. The Bertz CT molecular complexity index is 157. The van der Waals surface area contributed by atoms with E-state index in [4.69, 9.17) is 5.73 Å². The lowest BCUT2D eigenvalue weighted by molar-refractivity contribution is 0.182. The van der Waals surface area contributed by atoms with E-state index in [1.54, 1.807) is 0 Å². The quantitative estimate of drug-likeness (QED) is 0.740. The van der Waals surface area contributed by atoms with Crippen LogP contribution in [0.25, 0.3) is 0 Å². The largest absolute Gasteiger partial charge is 0.328 e. The standard InChI is InChI=1S/C11H21NS/c1-2-13-11-8-4-3-5-9(11)7-10(12)6-8/h8-11H,2-7,12H2,1H3. The topological polar surface area (TPSA) is 26.0 Å². The lowest BCUT2D eigenvalue weighted by Crippen LogP contribution is -2.43. The highest BCUT2D eigenvalue weighted by molar-refractivity contribution is 7.99. The van der Waals surface area contributed by atoms with Gasteiger partial charge in [0.15, 0.2) is 0 Å². The highest BCUT2D eigenvalue weighted by atomic mass is 32.2. The van der Waals surface area contributed by atoms with Gasteiger partial charge in [0, 0.05) is 11.3 Å². The molecule has 13 heavy (non-hydrogen) atoms. The van der Waals surface area contributed by atoms with Gasteiger partial charge in [-0.15, -0.1) is 0 Å². The molecule has 0 amide bonds. The molecule has 0 aromatic rings. The van der Waals surface area contributed by atoms with Crippen molar-refractivity contribution in [2.75, 3.05) is 5.75 Å². The molecule has 2 aliphatic carbocycles. The second-order valence-electron chi connectivity index (χ2n) is 4.60. The fourth-order valence-corrected chi connectivity index (χ4v) is 4.62. The van der Waals surface area contributed by atoms with E-state index in [1.807, 2.05) is 0 Å². The molecule has 2 atom stereocenters. The van der Waals surface area contributed by atoms with Gasteiger partial charge in [0.2, 0.25) is 0 Å². The minimum Gasteiger partial charge on any atom is -0.328 e. The van der Waals surface area contributed by atoms with E-state index in [2.05, 4.69) is 18.7 Å². The Hall–Kier alpha value is 0.310. The van der Waals surface area contributed by atoms with Crippen LogP contribution in [0.2, 0.25) is 0 Å². The van der Waals surface area contributed by atoms with Crippen molar-refractivity contribution in [1.82, 2.24) is 0 Å². The summed E-state index contributed by atoms with van der Waals surface area (Å²) in [7, 11) is 0. The van der Waals surface area contributed by atoms with Gasteiger partial charge in [-0.1, -0.05) is 13.3 Å². The predicted octanol–water partition coefficient (Wildman–Crippen LogP) is 2.65. The van der Waals surface area contributed by atoms with Gasteiger partial charge in [0.05, 0.1) is 0 Å². The molecule has 0 aliphatic heterocycles. The minimum atomic E-state index is 0.518.